The third-order valence-electron chi connectivity index (χ3n) is 5.50. The number of aromatic nitrogens is 2. The molecule has 1 aliphatic rings. The minimum Gasteiger partial charge on any atom is -0.497 e. The number of rotatable bonds is 7. The molecule has 0 saturated carbocycles. The molecule has 30 heavy (non-hydrogen) atoms. The van der Waals surface area contributed by atoms with Crippen LogP contribution in [0.15, 0.2) is 46.2 Å². The summed E-state index contributed by atoms with van der Waals surface area (Å²) in [5, 5.41) is 13.6. The third kappa shape index (κ3) is 4.48. The topological polar surface area (TPSA) is 80.5 Å². The fourth-order valence-corrected chi connectivity index (χ4v) is 4.54. The van der Waals surface area contributed by atoms with Gasteiger partial charge in [-0.15, -0.1) is 16.4 Å². The number of ether oxygens (including phenoxy) is 1. The number of piperidine rings is 1. The first kappa shape index (κ1) is 20.4. The van der Waals surface area contributed by atoms with Gasteiger partial charge in [-0.3, -0.25) is 4.79 Å². The highest BCUT2D eigenvalue weighted by atomic mass is 32.1. The Balaban J connectivity index is 1.33. The van der Waals surface area contributed by atoms with Crippen LogP contribution in [0.5, 0.6) is 5.75 Å². The Morgan fingerprint density at radius 2 is 2.03 bits per heavy atom. The summed E-state index contributed by atoms with van der Waals surface area (Å²) in [7, 11) is 1.63. The Morgan fingerprint density at radius 3 is 2.67 bits per heavy atom. The van der Waals surface area contributed by atoms with Gasteiger partial charge in [0, 0.05) is 29.4 Å². The van der Waals surface area contributed by atoms with E-state index in [1.165, 1.54) is 4.88 Å². The first-order valence-corrected chi connectivity index (χ1v) is 11.1. The number of hydrogen-bond donors (Lipinski definition) is 1. The molecular formula is C22H26N4O3S. The number of methoxy groups -OCH3 is 1. The normalized spacial score (nSPS) is 15.7. The van der Waals surface area contributed by atoms with E-state index in [4.69, 9.17) is 9.15 Å². The van der Waals surface area contributed by atoms with E-state index in [0.29, 0.717) is 11.9 Å². The van der Waals surface area contributed by atoms with Gasteiger partial charge in [-0.25, -0.2) is 0 Å². The molecule has 2 aromatic heterocycles. The number of hydrogen-bond acceptors (Lipinski definition) is 7. The Hall–Kier alpha value is -2.87. The highest BCUT2D eigenvalue weighted by Gasteiger charge is 2.28. The maximum Gasteiger partial charge on any atom is 0.318 e. The van der Waals surface area contributed by atoms with Gasteiger partial charge >= 0.3 is 6.01 Å². The van der Waals surface area contributed by atoms with Gasteiger partial charge in [0.25, 0.3) is 0 Å². The Morgan fingerprint density at radius 1 is 1.27 bits per heavy atom. The first-order valence-electron chi connectivity index (χ1n) is 10.2. The monoisotopic (exact) mass is 426 g/mol. The van der Waals surface area contributed by atoms with Crippen LogP contribution in [-0.2, 0) is 4.79 Å². The van der Waals surface area contributed by atoms with E-state index >= 15 is 0 Å². The zero-order valence-electron chi connectivity index (χ0n) is 17.2. The summed E-state index contributed by atoms with van der Waals surface area (Å²) in [6, 6.07) is 12.2. The number of benzene rings is 1. The number of nitrogens with one attached hydrogen (secondary N) is 1. The number of carbonyl (C=O) groups excluding carboxylic acids is 1. The largest absolute Gasteiger partial charge is 0.497 e. The van der Waals surface area contributed by atoms with Crippen LogP contribution in [0.2, 0.25) is 0 Å². The molecule has 7 nitrogen and oxygen atoms in total. The second-order valence-electron chi connectivity index (χ2n) is 7.36. The van der Waals surface area contributed by atoms with E-state index in [9.17, 15) is 4.79 Å². The maximum absolute atomic E-state index is 12.8. The molecule has 1 aromatic carbocycles. The lowest BCUT2D eigenvalue weighted by Crippen LogP contribution is -2.41. The van der Waals surface area contributed by atoms with Crippen LogP contribution in [0.25, 0.3) is 11.5 Å². The van der Waals surface area contributed by atoms with Crippen molar-refractivity contribution in [3.05, 3.63) is 46.7 Å². The molecule has 158 valence electrons. The SMILES string of the molecule is CCC(NC(=O)C1CCN(c2nnc(-c3ccc(OC)cc3)o2)CC1)c1cccs1. The fourth-order valence-electron chi connectivity index (χ4n) is 3.68. The van der Waals surface area contributed by atoms with Gasteiger partial charge in [0.2, 0.25) is 11.8 Å². The molecule has 1 unspecified atom stereocenters. The average Bonchev–Trinajstić information content (AvgIpc) is 3.50. The zero-order valence-corrected chi connectivity index (χ0v) is 18.0. The van der Waals surface area contributed by atoms with Gasteiger partial charge < -0.3 is 19.4 Å². The summed E-state index contributed by atoms with van der Waals surface area (Å²) in [6.07, 6.45) is 2.43. The number of thiophene rings is 1. The molecule has 0 spiro atoms. The molecule has 1 atom stereocenters. The second-order valence-corrected chi connectivity index (χ2v) is 8.34. The maximum atomic E-state index is 12.8. The van der Waals surface area contributed by atoms with Gasteiger partial charge in [-0.2, -0.15) is 0 Å². The fraction of sp³-hybridized carbons (Fsp3) is 0.409. The average molecular weight is 427 g/mol. The van der Waals surface area contributed by atoms with Gasteiger partial charge in [0.05, 0.1) is 13.2 Å². The van der Waals surface area contributed by atoms with E-state index in [-0.39, 0.29) is 17.9 Å². The minimum absolute atomic E-state index is 0.0132. The van der Waals surface area contributed by atoms with Gasteiger partial charge in [-0.05, 0) is 55.0 Å². The number of anilines is 1. The predicted octanol–water partition coefficient (Wildman–Crippen LogP) is 4.29. The molecule has 0 bridgehead atoms. The molecule has 4 rings (SSSR count). The predicted molar refractivity (Wildman–Crippen MR) is 117 cm³/mol. The molecule has 1 amide bonds. The van der Waals surface area contributed by atoms with Crippen molar-refractivity contribution >= 4 is 23.3 Å². The van der Waals surface area contributed by atoms with Crippen LogP contribution in [0.4, 0.5) is 6.01 Å². The quantitative estimate of drug-likeness (QED) is 0.607. The number of carbonyl (C=O) groups is 1. The van der Waals surface area contributed by atoms with Crippen LogP contribution in [-0.4, -0.2) is 36.3 Å². The summed E-state index contributed by atoms with van der Waals surface area (Å²) < 4.78 is 11.1. The molecular weight excluding hydrogens is 400 g/mol. The van der Waals surface area contributed by atoms with Gasteiger partial charge in [-0.1, -0.05) is 18.1 Å². The summed E-state index contributed by atoms with van der Waals surface area (Å²) in [5.41, 5.74) is 0.850. The summed E-state index contributed by atoms with van der Waals surface area (Å²) in [6.45, 7) is 3.54. The van der Waals surface area contributed by atoms with E-state index in [1.807, 2.05) is 35.7 Å². The van der Waals surface area contributed by atoms with Crippen molar-refractivity contribution in [3.8, 4) is 17.2 Å². The zero-order chi connectivity index (χ0) is 20.9. The molecule has 1 fully saturated rings. The first-order chi connectivity index (χ1) is 14.7. The van der Waals surface area contributed by atoms with Crippen molar-refractivity contribution in [1.82, 2.24) is 15.5 Å². The molecule has 1 N–H and O–H groups in total. The highest BCUT2D eigenvalue weighted by Crippen LogP contribution is 2.28. The summed E-state index contributed by atoms with van der Waals surface area (Å²) >= 11 is 1.69. The van der Waals surface area contributed by atoms with Crippen LogP contribution < -0.4 is 15.0 Å². The van der Waals surface area contributed by atoms with Crippen molar-refractivity contribution in [2.24, 2.45) is 5.92 Å². The van der Waals surface area contributed by atoms with E-state index < -0.39 is 0 Å². The third-order valence-corrected chi connectivity index (χ3v) is 6.48. The molecule has 1 aliphatic heterocycles. The lowest BCUT2D eigenvalue weighted by atomic mass is 9.95. The molecule has 1 saturated heterocycles. The van der Waals surface area contributed by atoms with Crippen LogP contribution in [0, 0.1) is 5.92 Å². The van der Waals surface area contributed by atoms with Crippen LogP contribution in [0.1, 0.15) is 37.1 Å². The van der Waals surface area contributed by atoms with Gasteiger partial charge in [0.1, 0.15) is 5.75 Å². The van der Waals surface area contributed by atoms with E-state index in [1.54, 1.807) is 18.4 Å². The van der Waals surface area contributed by atoms with Crippen molar-refractivity contribution in [2.45, 2.75) is 32.2 Å². The Labute approximate surface area is 180 Å². The standard InChI is InChI=1S/C22H26N4O3S/c1-3-18(19-5-4-14-30-19)23-20(27)15-10-12-26(13-11-15)22-25-24-21(29-22)16-6-8-17(28-2)9-7-16/h4-9,14-15,18H,3,10-13H2,1-2H3,(H,23,27). The summed E-state index contributed by atoms with van der Waals surface area (Å²) in [4.78, 5) is 16.0. The van der Waals surface area contributed by atoms with E-state index in [0.717, 1.165) is 43.7 Å². The molecule has 0 aliphatic carbocycles. The highest BCUT2D eigenvalue weighted by molar-refractivity contribution is 7.10. The smallest absolute Gasteiger partial charge is 0.318 e. The Bertz CT molecular complexity index is 947. The van der Waals surface area contributed by atoms with Crippen molar-refractivity contribution in [2.75, 3.05) is 25.1 Å². The van der Waals surface area contributed by atoms with Crippen molar-refractivity contribution in [3.63, 3.8) is 0 Å². The van der Waals surface area contributed by atoms with Crippen LogP contribution in [0.3, 0.4) is 0 Å². The molecule has 8 heteroatoms. The minimum atomic E-state index is 0.0132. The van der Waals surface area contributed by atoms with Crippen LogP contribution >= 0.6 is 11.3 Å². The van der Waals surface area contributed by atoms with Gasteiger partial charge in [0.15, 0.2) is 0 Å². The number of amides is 1. The molecule has 3 aromatic rings. The molecule has 3 heterocycles. The Kier molecular flexibility index (Phi) is 6.32. The lowest BCUT2D eigenvalue weighted by molar-refractivity contribution is -0.126. The summed E-state index contributed by atoms with van der Waals surface area (Å²) in [5.74, 6) is 1.41. The second kappa shape index (κ2) is 9.30. The number of nitrogens with zero attached hydrogens (tertiary/aromatic N) is 3. The van der Waals surface area contributed by atoms with Crippen molar-refractivity contribution < 1.29 is 13.9 Å². The lowest BCUT2D eigenvalue weighted by Gasteiger charge is -2.30. The molecule has 0 radical (unpaired) electrons. The van der Waals surface area contributed by atoms with E-state index in [2.05, 4.69) is 33.4 Å². The van der Waals surface area contributed by atoms with Crippen molar-refractivity contribution in [1.29, 1.82) is 0 Å².